The molecule has 6 heteroatoms. The van der Waals surface area contributed by atoms with Gasteiger partial charge in [-0.25, -0.2) is 4.98 Å². The normalized spacial score (nSPS) is 17.8. The fourth-order valence-electron chi connectivity index (χ4n) is 3.98. The summed E-state index contributed by atoms with van der Waals surface area (Å²) in [5, 5.41) is 2.98. The third-order valence-corrected chi connectivity index (χ3v) is 5.91. The van der Waals surface area contributed by atoms with E-state index in [4.69, 9.17) is 0 Å². The van der Waals surface area contributed by atoms with Crippen molar-refractivity contribution in [1.82, 2.24) is 19.8 Å². The van der Waals surface area contributed by atoms with Crippen LogP contribution < -0.4 is 10.9 Å². The Morgan fingerprint density at radius 2 is 1.96 bits per heavy atom. The number of hydrogen-bond donors (Lipinski definition) is 1. The van der Waals surface area contributed by atoms with E-state index in [1.54, 1.807) is 11.5 Å². The zero-order valence-electron chi connectivity index (χ0n) is 17.5. The van der Waals surface area contributed by atoms with Gasteiger partial charge in [0, 0.05) is 19.1 Å². The van der Waals surface area contributed by atoms with E-state index in [1.165, 1.54) is 19.3 Å². The van der Waals surface area contributed by atoms with Crippen LogP contribution in [-0.4, -0.2) is 46.0 Å². The predicted molar refractivity (Wildman–Crippen MR) is 113 cm³/mol. The van der Waals surface area contributed by atoms with E-state index in [1.807, 2.05) is 26.0 Å². The van der Waals surface area contributed by atoms with Crippen LogP contribution in [0.5, 0.6) is 0 Å². The molecule has 28 heavy (non-hydrogen) atoms. The molecule has 1 aliphatic heterocycles. The van der Waals surface area contributed by atoms with Gasteiger partial charge in [-0.2, -0.15) is 0 Å². The summed E-state index contributed by atoms with van der Waals surface area (Å²) in [6.07, 6.45) is 4.79. The van der Waals surface area contributed by atoms with Crippen LogP contribution in [0, 0.1) is 20.8 Å². The zero-order valence-corrected chi connectivity index (χ0v) is 17.5. The number of fused-ring (bicyclic) bond motifs is 1. The molecule has 1 aromatic carbocycles. The van der Waals surface area contributed by atoms with E-state index in [-0.39, 0.29) is 18.0 Å². The van der Waals surface area contributed by atoms with Crippen molar-refractivity contribution in [2.75, 3.05) is 19.6 Å². The van der Waals surface area contributed by atoms with Gasteiger partial charge in [0.1, 0.15) is 12.2 Å². The van der Waals surface area contributed by atoms with Crippen molar-refractivity contribution in [3.8, 4) is 0 Å². The first-order chi connectivity index (χ1) is 13.4. The summed E-state index contributed by atoms with van der Waals surface area (Å²) in [4.78, 5) is 32.0. The van der Waals surface area contributed by atoms with Gasteiger partial charge in [0.15, 0.2) is 0 Å². The molecule has 0 spiro atoms. The molecule has 2 heterocycles. The van der Waals surface area contributed by atoms with Crippen LogP contribution in [-0.2, 0) is 11.3 Å². The van der Waals surface area contributed by atoms with Crippen molar-refractivity contribution in [3.05, 3.63) is 39.3 Å². The Morgan fingerprint density at radius 3 is 2.71 bits per heavy atom. The highest BCUT2D eigenvalue weighted by molar-refractivity contribution is 5.81. The Morgan fingerprint density at radius 1 is 1.21 bits per heavy atom. The lowest BCUT2D eigenvalue weighted by Gasteiger charge is -2.33. The summed E-state index contributed by atoms with van der Waals surface area (Å²) in [6.45, 7) is 10.8. The van der Waals surface area contributed by atoms with Crippen molar-refractivity contribution in [1.29, 1.82) is 0 Å². The summed E-state index contributed by atoms with van der Waals surface area (Å²) in [5.74, 6) is -0.126. The number of carbonyl (C=O) groups is 1. The fraction of sp³-hybridized carbons (Fsp3) is 0.591. The van der Waals surface area contributed by atoms with Crippen LogP contribution in [0.15, 0.2) is 16.9 Å². The number of aryl methyl sites for hydroxylation is 3. The maximum absolute atomic E-state index is 12.6. The molecule has 6 nitrogen and oxygen atoms in total. The molecule has 1 fully saturated rings. The molecule has 0 radical (unpaired) electrons. The standard InChI is InChI=1S/C22H32N4O2/c1-15-12-19-20(13-16(15)2)26(22(28)18(4)24-19)14-21(27)23-9-7-11-25-10-6-5-8-17(25)3/h12-13,17H,5-11,14H2,1-4H3,(H,23,27)/t17-/m1/s1. The second kappa shape index (κ2) is 8.86. The van der Waals surface area contributed by atoms with Crippen molar-refractivity contribution >= 4 is 16.9 Å². The highest BCUT2D eigenvalue weighted by Gasteiger charge is 2.17. The van der Waals surface area contributed by atoms with Crippen LogP contribution in [0.3, 0.4) is 0 Å². The van der Waals surface area contributed by atoms with Gasteiger partial charge in [-0.3, -0.25) is 14.2 Å². The second-order valence-corrected chi connectivity index (χ2v) is 8.10. The molecule has 0 bridgehead atoms. The van der Waals surface area contributed by atoms with Gasteiger partial charge in [-0.1, -0.05) is 6.42 Å². The zero-order chi connectivity index (χ0) is 20.3. The second-order valence-electron chi connectivity index (χ2n) is 8.10. The van der Waals surface area contributed by atoms with E-state index >= 15 is 0 Å². The van der Waals surface area contributed by atoms with E-state index in [0.717, 1.165) is 41.7 Å². The fourth-order valence-corrected chi connectivity index (χ4v) is 3.98. The minimum atomic E-state index is -0.201. The number of aromatic nitrogens is 2. The quantitative estimate of drug-likeness (QED) is 0.778. The molecule has 1 atom stereocenters. The Kier molecular flexibility index (Phi) is 6.50. The predicted octanol–water partition coefficient (Wildman–Crippen LogP) is 2.70. The number of nitrogens with one attached hydrogen (secondary N) is 1. The summed E-state index contributed by atoms with van der Waals surface area (Å²) < 4.78 is 1.55. The third kappa shape index (κ3) is 4.61. The van der Waals surface area contributed by atoms with Crippen LogP contribution in [0.1, 0.15) is 49.4 Å². The van der Waals surface area contributed by atoms with Gasteiger partial charge in [0.05, 0.1) is 11.0 Å². The Hall–Kier alpha value is -2.21. The number of benzene rings is 1. The first-order valence-electron chi connectivity index (χ1n) is 10.4. The Bertz CT molecular complexity index is 919. The van der Waals surface area contributed by atoms with Gasteiger partial charge in [0.25, 0.3) is 5.56 Å². The van der Waals surface area contributed by atoms with E-state index in [0.29, 0.717) is 18.3 Å². The summed E-state index contributed by atoms with van der Waals surface area (Å²) in [5.41, 5.74) is 3.90. The minimum Gasteiger partial charge on any atom is -0.355 e. The molecule has 3 rings (SSSR count). The number of amides is 1. The maximum atomic E-state index is 12.6. The van der Waals surface area contributed by atoms with Crippen molar-refractivity contribution in [3.63, 3.8) is 0 Å². The molecule has 1 saturated heterocycles. The highest BCUT2D eigenvalue weighted by Crippen LogP contribution is 2.17. The molecule has 152 valence electrons. The van der Waals surface area contributed by atoms with Crippen LogP contribution in [0.2, 0.25) is 0 Å². The van der Waals surface area contributed by atoms with Gasteiger partial charge < -0.3 is 10.2 Å². The average Bonchev–Trinajstić information content (AvgIpc) is 2.66. The molecule has 1 N–H and O–H groups in total. The number of hydrogen-bond acceptors (Lipinski definition) is 4. The molecule has 1 aromatic heterocycles. The van der Waals surface area contributed by atoms with Gasteiger partial charge >= 0.3 is 0 Å². The van der Waals surface area contributed by atoms with Crippen LogP contribution in [0.4, 0.5) is 0 Å². The Balaban J connectivity index is 1.63. The van der Waals surface area contributed by atoms with Crippen molar-refractivity contribution in [2.45, 2.75) is 66.0 Å². The minimum absolute atomic E-state index is 0.0291. The van der Waals surface area contributed by atoms with E-state index in [9.17, 15) is 9.59 Å². The highest BCUT2D eigenvalue weighted by atomic mass is 16.2. The molecule has 1 amide bonds. The third-order valence-electron chi connectivity index (χ3n) is 5.91. The topological polar surface area (TPSA) is 67.2 Å². The summed E-state index contributed by atoms with van der Waals surface area (Å²) in [7, 11) is 0. The maximum Gasteiger partial charge on any atom is 0.272 e. The molecule has 0 saturated carbocycles. The first-order valence-corrected chi connectivity index (χ1v) is 10.4. The number of piperidine rings is 1. The molecule has 2 aromatic rings. The summed E-state index contributed by atoms with van der Waals surface area (Å²) in [6, 6.07) is 4.57. The van der Waals surface area contributed by atoms with E-state index < -0.39 is 0 Å². The molecular formula is C22H32N4O2. The van der Waals surface area contributed by atoms with Gasteiger partial charge in [0.2, 0.25) is 5.91 Å². The monoisotopic (exact) mass is 384 g/mol. The van der Waals surface area contributed by atoms with Gasteiger partial charge in [-0.05, 0) is 76.8 Å². The molecule has 1 aliphatic rings. The van der Waals surface area contributed by atoms with Gasteiger partial charge in [-0.15, -0.1) is 0 Å². The largest absolute Gasteiger partial charge is 0.355 e. The lowest BCUT2D eigenvalue weighted by atomic mass is 10.0. The molecule has 0 unspecified atom stereocenters. The molecular weight excluding hydrogens is 352 g/mol. The number of rotatable bonds is 6. The smallest absolute Gasteiger partial charge is 0.272 e. The van der Waals surface area contributed by atoms with E-state index in [2.05, 4.69) is 22.1 Å². The summed E-state index contributed by atoms with van der Waals surface area (Å²) >= 11 is 0. The SMILES string of the molecule is Cc1cc2nc(C)c(=O)n(CC(=O)NCCCN3CCCC[C@H]3C)c2cc1C. The average molecular weight is 385 g/mol. The lowest BCUT2D eigenvalue weighted by molar-refractivity contribution is -0.121. The van der Waals surface area contributed by atoms with Crippen LogP contribution in [0.25, 0.3) is 11.0 Å². The van der Waals surface area contributed by atoms with Crippen molar-refractivity contribution < 1.29 is 4.79 Å². The number of carbonyl (C=O) groups excluding carboxylic acids is 1. The first kappa shape index (κ1) is 20.5. The van der Waals surface area contributed by atoms with Crippen molar-refractivity contribution in [2.24, 2.45) is 0 Å². The Labute approximate surface area is 166 Å². The lowest BCUT2D eigenvalue weighted by Crippen LogP contribution is -2.39. The number of likely N-dealkylation sites (tertiary alicyclic amines) is 1. The number of nitrogens with zero attached hydrogens (tertiary/aromatic N) is 3. The van der Waals surface area contributed by atoms with Crippen LogP contribution >= 0.6 is 0 Å². The molecule has 0 aliphatic carbocycles.